The van der Waals surface area contributed by atoms with E-state index in [9.17, 15) is 4.79 Å². The minimum atomic E-state index is -0.407. The van der Waals surface area contributed by atoms with Crippen LogP contribution >= 0.6 is 0 Å². The van der Waals surface area contributed by atoms with Gasteiger partial charge in [-0.25, -0.2) is 4.79 Å². The highest BCUT2D eigenvalue weighted by atomic mass is 16.6. The van der Waals surface area contributed by atoms with E-state index >= 15 is 0 Å². The number of fused-ring (bicyclic) bond motifs is 1. The van der Waals surface area contributed by atoms with Crippen LogP contribution in [0.4, 0.5) is 4.79 Å². The number of hydrogen-bond donors (Lipinski definition) is 2. The maximum absolute atomic E-state index is 11.7. The molecular weight excluding hydrogens is 216 g/mol. The first-order valence-electron chi connectivity index (χ1n) is 6.64. The van der Waals surface area contributed by atoms with Crippen LogP contribution in [0.25, 0.3) is 0 Å². The van der Waals surface area contributed by atoms with E-state index in [-0.39, 0.29) is 6.09 Å². The van der Waals surface area contributed by atoms with E-state index in [1.807, 2.05) is 20.8 Å². The summed E-state index contributed by atoms with van der Waals surface area (Å²) < 4.78 is 5.29. The molecule has 3 unspecified atom stereocenters. The summed E-state index contributed by atoms with van der Waals surface area (Å²) in [6.45, 7) is 7.94. The van der Waals surface area contributed by atoms with Crippen LogP contribution in [0.3, 0.4) is 0 Å². The van der Waals surface area contributed by atoms with Crippen LogP contribution in [0.5, 0.6) is 0 Å². The molecule has 98 valence electrons. The lowest BCUT2D eigenvalue weighted by Crippen LogP contribution is -2.43. The van der Waals surface area contributed by atoms with Gasteiger partial charge in [0.05, 0.1) is 0 Å². The largest absolute Gasteiger partial charge is 0.444 e. The fraction of sp³-hybridized carbons (Fsp3) is 0.923. The number of alkyl carbamates (subject to hydrolysis) is 1. The summed E-state index contributed by atoms with van der Waals surface area (Å²) in [4.78, 5) is 11.7. The van der Waals surface area contributed by atoms with Crippen molar-refractivity contribution in [1.29, 1.82) is 0 Å². The summed E-state index contributed by atoms with van der Waals surface area (Å²) in [5.41, 5.74) is -0.407. The van der Waals surface area contributed by atoms with Gasteiger partial charge in [-0.3, -0.25) is 0 Å². The number of rotatable bonds is 1. The molecule has 0 radical (unpaired) electrons. The number of ether oxygens (including phenoxy) is 1. The van der Waals surface area contributed by atoms with E-state index in [1.54, 1.807) is 0 Å². The molecule has 1 aliphatic carbocycles. The van der Waals surface area contributed by atoms with Gasteiger partial charge >= 0.3 is 6.09 Å². The molecule has 1 saturated heterocycles. The highest BCUT2D eigenvalue weighted by molar-refractivity contribution is 5.68. The van der Waals surface area contributed by atoms with Crippen molar-refractivity contribution >= 4 is 6.09 Å². The summed E-state index contributed by atoms with van der Waals surface area (Å²) >= 11 is 0. The molecular formula is C13H24N2O2. The van der Waals surface area contributed by atoms with Crippen molar-refractivity contribution in [3.63, 3.8) is 0 Å². The lowest BCUT2D eigenvalue weighted by atomic mass is 9.79. The van der Waals surface area contributed by atoms with E-state index in [1.165, 1.54) is 6.42 Å². The van der Waals surface area contributed by atoms with Crippen molar-refractivity contribution in [2.75, 3.05) is 13.1 Å². The van der Waals surface area contributed by atoms with Gasteiger partial charge in [-0.1, -0.05) is 0 Å². The van der Waals surface area contributed by atoms with Crippen LogP contribution in [-0.2, 0) is 4.74 Å². The summed E-state index contributed by atoms with van der Waals surface area (Å²) in [6, 6.07) is 0.297. The van der Waals surface area contributed by atoms with Crippen LogP contribution in [0.1, 0.15) is 40.0 Å². The average molecular weight is 240 g/mol. The van der Waals surface area contributed by atoms with E-state index in [0.717, 1.165) is 37.8 Å². The first-order valence-corrected chi connectivity index (χ1v) is 6.64. The Bertz CT molecular complexity index is 286. The van der Waals surface area contributed by atoms with Gasteiger partial charge in [0.25, 0.3) is 0 Å². The van der Waals surface area contributed by atoms with Crippen molar-refractivity contribution in [3.8, 4) is 0 Å². The van der Waals surface area contributed by atoms with Gasteiger partial charge in [-0.05, 0) is 65.0 Å². The summed E-state index contributed by atoms with van der Waals surface area (Å²) in [6.07, 6.45) is 3.13. The number of amides is 1. The Morgan fingerprint density at radius 2 is 1.94 bits per heavy atom. The van der Waals surface area contributed by atoms with Crippen molar-refractivity contribution in [2.45, 2.75) is 51.7 Å². The quantitative estimate of drug-likeness (QED) is 0.736. The highest BCUT2D eigenvalue weighted by Crippen LogP contribution is 2.32. The molecule has 0 aromatic heterocycles. The van der Waals surface area contributed by atoms with Crippen molar-refractivity contribution in [2.24, 2.45) is 11.8 Å². The third-order valence-electron chi connectivity index (χ3n) is 3.67. The second-order valence-electron chi connectivity index (χ2n) is 6.33. The zero-order valence-corrected chi connectivity index (χ0v) is 11.1. The van der Waals surface area contributed by atoms with E-state index < -0.39 is 5.60 Å². The second kappa shape index (κ2) is 4.84. The monoisotopic (exact) mass is 240 g/mol. The molecule has 3 atom stereocenters. The molecule has 17 heavy (non-hydrogen) atoms. The summed E-state index contributed by atoms with van der Waals surface area (Å²) in [5, 5.41) is 6.43. The Labute approximate surface area is 103 Å². The van der Waals surface area contributed by atoms with Crippen LogP contribution in [-0.4, -0.2) is 30.8 Å². The maximum Gasteiger partial charge on any atom is 0.407 e. The molecule has 1 saturated carbocycles. The van der Waals surface area contributed by atoms with E-state index in [0.29, 0.717) is 6.04 Å². The minimum Gasteiger partial charge on any atom is -0.444 e. The molecule has 2 N–H and O–H groups in total. The zero-order chi connectivity index (χ0) is 12.5. The highest BCUT2D eigenvalue weighted by Gasteiger charge is 2.34. The lowest BCUT2D eigenvalue weighted by Gasteiger charge is -2.32. The maximum atomic E-state index is 11.7. The molecule has 2 aliphatic rings. The average Bonchev–Trinajstić information content (AvgIpc) is 2.61. The van der Waals surface area contributed by atoms with Gasteiger partial charge < -0.3 is 15.4 Å². The van der Waals surface area contributed by atoms with E-state index in [2.05, 4.69) is 10.6 Å². The lowest BCUT2D eigenvalue weighted by molar-refractivity contribution is 0.0479. The third kappa shape index (κ3) is 3.60. The molecule has 4 nitrogen and oxygen atoms in total. The Kier molecular flexibility index (Phi) is 3.61. The molecule has 1 amide bonds. The standard InChI is InChI=1S/C13H24N2O2/c1-13(2,3)17-12(16)15-11-5-4-9-7-14-8-10(9)6-11/h9-11,14H,4-8H2,1-3H3,(H,15,16). The molecule has 1 heterocycles. The Morgan fingerprint density at radius 1 is 1.24 bits per heavy atom. The predicted octanol–water partition coefficient (Wildman–Crippen LogP) is 1.90. The number of nitrogens with one attached hydrogen (secondary N) is 2. The Morgan fingerprint density at radius 3 is 2.65 bits per heavy atom. The predicted molar refractivity (Wildman–Crippen MR) is 66.9 cm³/mol. The van der Waals surface area contributed by atoms with Crippen LogP contribution in [0.15, 0.2) is 0 Å². The van der Waals surface area contributed by atoms with Crippen LogP contribution in [0.2, 0.25) is 0 Å². The number of carbonyl (C=O) groups is 1. The fourth-order valence-electron chi connectivity index (χ4n) is 2.90. The normalized spacial score (nSPS) is 33.0. The summed E-state index contributed by atoms with van der Waals surface area (Å²) in [5.74, 6) is 1.57. The van der Waals surface area contributed by atoms with Gasteiger partial charge in [-0.15, -0.1) is 0 Å². The molecule has 4 heteroatoms. The van der Waals surface area contributed by atoms with Crippen LogP contribution < -0.4 is 10.6 Å². The van der Waals surface area contributed by atoms with Gasteiger partial charge in [0.15, 0.2) is 0 Å². The first kappa shape index (κ1) is 12.7. The van der Waals surface area contributed by atoms with Crippen molar-refractivity contribution in [3.05, 3.63) is 0 Å². The second-order valence-corrected chi connectivity index (χ2v) is 6.33. The van der Waals surface area contributed by atoms with Gasteiger partial charge in [0.1, 0.15) is 5.60 Å². The van der Waals surface area contributed by atoms with Crippen LogP contribution in [0, 0.1) is 11.8 Å². The topological polar surface area (TPSA) is 50.4 Å². The molecule has 2 rings (SSSR count). The fourth-order valence-corrected chi connectivity index (χ4v) is 2.90. The molecule has 0 bridgehead atoms. The van der Waals surface area contributed by atoms with Gasteiger partial charge in [-0.2, -0.15) is 0 Å². The smallest absolute Gasteiger partial charge is 0.407 e. The molecule has 2 fully saturated rings. The number of carbonyl (C=O) groups excluding carboxylic acids is 1. The SMILES string of the molecule is CC(C)(C)OC(=O)NC1CCC2CNCC2C1. The summed E-state index contributed by atoms with van der Waals surface area (Å²) in [7, 11) is 0. The van der Waals surface area contributed by atoms with Crippen molar-refractivity contribution < 1.29 is 9.53 Å². The van der Waals surface area contributed by atoms with Gasteiger partial charge in [0.2, 0.25) is 0 Å². The van der Waals surface area contributed by atoms with Gasteiger partial charge in [0, 0.05) is 6.04 Å². The third-order valence-corrected chi connectivity index (χ3v) is 3.67. The molecule has 0 spiro atoms. The van der Waals surface area contributed by atoms with E-state index in [4.69, 9.17) is 4.74 Å². The first-order chi connectivity index (χ1) is 7.94. The zero-order valence-electron chi connectivity index (χ0n) is 11.1. The Balaban J connectivity index is 1.78. The molecule has 1 aliphatic heterocycles. The molecule has 0 aromatic carbocycles. The Hall–Kier alpha value is -0.770. The minimum absolute atomic E-state index is 0.271. The van der Waals surface area contributed by atoms with Crippen molar-refractivity contribution in [1.82, 2.24) is 10.6 Å². The molecule has 0 aromatic rings. The number of hydrogen-bond acceptors (Lipinski definition) is 3.